The number of anilines is 1. The monoisotopic (exact) mass is 413 g/mol. The second-order valence-corrected chi connectivity index (χ2v) is 7.89. The molecule has 29 heavy (non-hydrogen) atoms. The summed E-state index contributed by atoms with van der Waals surface area (Å²) in [5.74, 6) is -0.283. The minimum atomic E-state index is -0.283. The topological polar surface area (TPSA) is 121 Å². The van der Waals surface area contributed by atoms with E-state index in [4.69, 9.17) is 10.5 Å². The van der Waals surface area contributed by atoms with Gasteiger partial charge in [-0.1, -0.05) is 0 Å². The molecule has 3 N–H and O–H groups in total. The first-order chi connectivity index (χ1) is 14.1. The standard InChI is InChI=1S/C19H23N7O2S/c1-26-17(8-13-3-2-12(20)4-7-28-13)14(10-23-26)24-18(27)16-11-29-19(25-16)15-9-21-5-6-22-15/h5-6,9-13H,2-4,7-8,20H2,1H3,(H,24,27). The number of rotatable bonds is 5. The summed E-state index contributed by atoms with van der Waals surface area (Å²) in [6, 6.07) is 0.193. The molecule has 1 aliphatic rings. The SMILES string of the molecule is Cn1ncc(NC(=O)c2csc(-c3cnccn3)n2)c1CC1CCC(N)CCO1. The van der Waals surface area contributed by atoms with Gasteiger partial charge >= 0.3 is 0 Å². The smallest absolute Gasteiger partial charge is 0.275 e. The molecule has 0 bridgehead atoms. The molecular weight excluding hydrogens is 390 g/mol. The molecule has 152 valence electrons. The van der Waals surface area contributed by atoms with Crippen LogP contribution in [-0.4, -0.2) is 49.4 Å². The van der Waals surface area contributed by atoms with Crippen LogP contribution in [0.15, 0.2) is 30.2 Å². The van der Waals surface area contributed by atoms with Crippen molar-refractivity contribution in [3.63, 3.8) is 0 Å². The molecule has 2 unspecified atom stereocenters. The third kappa shape index (κ3) is 4.66. The molecule has 1 amide bonds. The van der Waals surface area contributed by atoms with Gasteiger partial charge in [-0.3, -0.25) is 19.4 Å². The highest BCUT2D eigenvalue weighted by Crippen LogP contribution is 2.24. The summed E-state index contributed by atoms with van der Waals surface area (Å²) >= 11 is 1.35. The van der Waals surface area contributed by atoms with E-state index in [0.29, 0.717) is 35.1 Å². The second-order valence-electron chi connectivity index (χ2n) is 7.03. The van der Waals surface area contributed by atoms with Crippen molar-refractivity contribution in [2.24, 2.45) is 12.8 Å². The van der Waals surface area contributed by atoms with Gasteiger partial charge in [0, 0.05) is 43.9 Å². The first-order valence-electron chi connectivity index (χ1n) is 9.51. The molecule has 4 rings (SSSR count). The van der Waals surface area contributed by atoms with Crippen molar-refractivity contribution in [1.29, 1.82) is 0 Å². The largest absolute Gasteiger partial charge is 0.378 e. The Labute approximate surface area is 172 Å². The average molecular weight is 414 g/mol. The van der Waals surface area contributed by atoms with E-state index < -0.39 is 0 Å². The number of ether oxygens (including phenoxy) is 1. The van der Waals surface area contributed by atoms with Gasteiger partial charge in [0.05, 0.1) is 29.9 Å². The van der Waals surface area contributed by atoms with Crippen LogP contribution in [0.4, 0.5) is 5.69 Å². The normalized spacial score (nSPS) is 19.7. The van der Waals surface area contributed by atoms with Crippen molar-refractivity contribution >= 4 is 22.9 Å². The number of nitrogens with zero attached hydrogens (tertiary/aromatic N) is 5. The summed E-state index contributed by atoms with van der Waals surface area (Å²) in [6.07, 6.45) is 9.92. The van der Waals surface area contributed by atoms with E-state index in [1.807, 2.05) is 7.05 Å². The fraction of sp³-hybridized carbons (Fsp3) is 0.421. The van der Waals surface area contributed by atoms with E-state index in [-0.39, 0.29) is 18.1 Å². The number of hydrogen-bond acceptors (Lipinski definition) is 8. The number of nitrogens with one attached hydrogen (secondary N) is 1. The number of aromatic nitrogens is 5. The zero-order chi connectivity index (χ0) is 20.2. The van der Waals surface area contributed by atoms with Crippen LogP contribution in [0.3, 0.4) is 0 Å². The molecule has 4 heterocycles. The number of nitrogens with two attached hydrogens (primary N) is 1. The summed E-state index contributed by atoms with van der Waals surface area (Å²) in [5.41, 5.74) is 8.60. The second kappa shape index (κ2) is 8.76. The van der Waals surface area contributed by atoms with Crippen LogP contribution in [0.2, 0.25) is 0 Å². The fourth-order valence-corrected chi connectivity index (χ4v) is 4.05. The summed E-state index contributed by atoms with van der Waals surface area (Å²) in [5, 5.41) is 9.60. The van der Waals surface area contributed by atoms with Crippen LogP contribution in [-0.2, 0) is 18.2 Å². The van der Waals surface area contributed by atoms with Gasteiger partial charge in [0.25, 0.3) is 5.91 Å². The maximum Gasteiger partial charge on any atom is 0.275 e. The number of thiazole rings is 1. The van der Waals surface area contributed by atoms with Gasteiger partial charge in [-0.15, -0.1) is 11.3 Å². The molecule has 0 saturated carbocycles. The first kappa shape index (κ1) is 19.6. The van der Waals surface area contributed by atoms with Crippen molar-refractivity contribution in [2.45, 2.75) is 37.8 Å². The number of carbonyl (C=O) groups is 1. The lowest BCUT2D eigenvalue weighted by Crippen LogP contribution is -2.20. The number of hydrogen-bond donors (Lipinski definition) is 2. The van der Waals surface area contributed by atoms with Gasteiger partial charge in [0.1, 0.15) is 16.4 Å². The Morgan fingerprint density at radius 2 is 2.24 bits per heavy atom. The lowest BCUT2D eigenvalue weighted by molar-refractivity contribution is 0.0577. The van der Waals surface area contributed by atoms with E-state index in [0.717, 1.165) is 25.0 Å². The molecule has 0 spiro atoms. The average Bonchev–Trinajstić information content (AvgIpc) is 3.29. The van der Waals surface area contributed by atoms with Crippen LogP contribution < -0.4 is 11.1 Å². The van der Waals surface area contributed by atoms with E-state index in [9.17, 15) is 4.79 Å². The Morgan fingerprint density at radius 1 is 1.34 bits per heavy atom. The molecule has 1 saturated heterocycles. The highest BCUT2D eigenvalue weighted by molar-refractivity contribution is 7.13. The summed E-state index contributed by atoms with van der Waals surface area (Å²) in [6.45, 7) is 0.662. The Kier molecular flexibility index (Phi) is 5.93. The molecule has 9 nitrogen and oxygen atoms in total. The number of aryl methyl sites for hydroxylation is 1. The molecule has 0 radical (unpaired) electrons. The van der Waals surface area contributed by atoms with E-state index in [1.54, 1.807) is 34.8 Å². The van der Waals surface area contributed by atoms with E-state index in [1.165, 1.54) is 11.3 Å². The van der Waals surface area contributed by atoms with E-state index >= 15 is 0 Å². The number of carbonyl (C=O) groups excluding carboxylic acids is 1. The summed E-state index contributed by atoms with van der Waals surface area (Å²) in [4.78, 5) is 25.4. The van der Waals surface area contributed by atoms with Crippen LogP contribution in [0.5, 0.6) is 0 Å². The quantitative estimate of drug-likeness (QED) is 0.656. The maximum atomic E-state index is 12.7. The van der Waals surface area contributed by atoms with Gasteiger partial charge in [-0.2, -0.15) is 5.10 Å². The zero-order valence-corrected chi connectivity index (χ0v) is 16.9. The molecule has 10 heteroatoms. The summed E-state index contributed by atoms with van der Waals surface area (Å²) in [7, 11) is 1.86. The van der Waals surface area contributed by atoms with Crippen LogP contribution in [0.25, 0.3) is 10.7 Å². The third-order valence-electron chi connectivity index (χ3n) is 4.95. The molecule has 1 aliphatic heterocycles. The van der Waals surface area contributed by atoms with Crippen molar-refractivity contribution in [2.75, 3.05) is 11.9 Å². The van der Waals surface area contributed by atoms with Crippen molar-refractivity contribution in [3.8, 4) is 10.7 Å². The minimum absolute atomic E-state index is 0.0668. The predicted octanol–water partition coefficient (Wildman–Crippen LogP) is 2.02. The number of amides is 1. The molecule has 1 fully saturated rings. The maximum absolute atomic E-state index is 12.7. The summed E-state index contributed by atoms with van der Waals surface area (Å²) < 4.78 is 7.71. The van der Waals surface area contributed by atoms with Crippen molar-refractivity contribution in [3.05, 3.63) is 41.6 Å². The zero-order valence-electron chi connectivity index (χ0n) is 16.1. The van der Waals surface area contributed by atoms with Gasteiger partial charge in [0.15, 0.2) is 0 Å². The fourth-order valence-electron chi connectivity index (χ4n) is 3.29. The Bertz CT molecular complexity index is 972. The third-order valence-corrected chi connectivity index (χ3v) is 5.82. The van der Waals surface area contributed by atoms with Gasteiger partial charge < -0.3 is 15.8 Å². The minimum Gasteiger partial charge on any atom is -0.378 e. The Balaban J connectivity index is 1.46. The molecular formula is C19H23N7O2S. The van der Waals surface area contributed by atoms with Crippen LogP contribution in [0.1, 0.15) is 35.4 Å². The highest BCUT2D eigenvalue weighted by atomic mass is 32.1. The van der Waals surface area contributed by atoms with Crippen molar-refractivity contribution in [1.82, 2.24) is 24.7 Å². The van der Waals surface area contributed by atoms with Crippen LogP contribution in [0, 0.1) is 0 Å². The molecule has 3 aromatic rings. The molecule has 0 aliphatic carbocycles. The molecule has 3 aromatic heterocycles. The van der Waals surface area contributed by atoms with Gasteiger partial charge in [0.2, 0.25) is 0 Å². The Morgan fingerprint density at radius 3 is 3.07 bits per heavy atom. The lowest BCUT2D eigenvalue weighted by Gasteiger charge is -2.16. The lowest BCUT2D eigenvalue weighted by atomic mass is 10.0. The highest BCUT2D eigenvalue weighted by Gasteiger charge is 2.22. The van der Waals surface area contributed by atoms with E-state index in [2.05, 4.69) is 25.4 Å². The first-order valence-corrected chi connectivity index (χ1v) is 10.4. The molecule has 0 aromatic carbocycles. The predicted molar refractivity (Wildman–Crippen MR) is 110 cm³/mol. The van der Waals surface area contributed by atoms with Crippen molar-refractivity contribution < 1.29 is 9.53 Å². The van der Waals surface area contributed by atoms with Gasteiger partial charge in [-0.25, -0.2) is 4.98 Å². The van der Waals surface area contributed by atoms with Gasteiger partial charge in [-0.05, 0) is 19.3 Å². The molecule has 2 atom stereocenters. The Hall–Kier alpha value is -2.69. The van der Waals surface area contributed by atoms with Crippen LogP contribution >= 0.6 is 11.3 Å².